The van der Waals surface area contributed by atoms with Gasteiger partial charge in [-0.25, -0.2) is 0 Å². The van der Waals surface area contributed by atoms with Gasteiger partial charge >= 0.3 is 0 Å². The number of aryl methyl sites for hydroxylation is 1. The average Bonchev–Trinajstić information content (AvgIpc) is 3.05. The number of rotatable bonds is 5. The summed E-state index contributed by atoms with van der Waals surface area (Å²) in [6, 6.07) is 12.9. The maximum atomic E-state index is 12.1. The Morgan fingerprint density at radius 3 is 2.74 bits per heavy atom. The van der Waals surface area contributed by atoms with Crippen LogP contribution in [-0.2, 0) is 6.42 Å². The third-order valence-corrected chi connectivity index (χ3v) is 3.36. The molecule has 6 nitrogen and oxygen atoms in total. The van der Waals surface area contributed by atoms with Crippen LogP contribution in [0.1, 0.15) is 21.8 Å². The van der Waals surface area contributed by atoms with Crippen molar-refractivity contribution >= 4 is 5.91 Å². The Bertz CT molecular complexity index is 799. The van der Waals surface area contributed by atoms with Gasteiger partial charge in [-0.15, -0.1) is 10.2 Å². The minimum atomic E-state index is -0.104. The summed E-state index contributed by atoms with van der Waals surface area (Å²) in [5, 5.41) is 10.8. The quantitative estimate of drug-likeness (QED) is 0.783. The van der Waals surface area contributed by atoms with Crippen LogP contribution in [0.3, 0.4) is 0 Å². The lowest BCUT2D eigenvalue weighted by Gasteiger charge is -2.06. The number of nitrogens with one attached hydrogen (secondary N) is 1. The predicted octanol–water partition coefficient (Wildman–Crippen LogP) is 2.41. The standard InChI is InChI=1S/C17H16N4O2/c1-12-6-2-3-7-13(12)16(22)19-11-9-15-20-21-17(23-15)14-8-4-5-10-18-14/h2-8,10H,9,11H2,1H3,(H,19,22). The van der Waals surface area contributed by atoms with Crippen molar-refractivity contribution in [2.45, 2.75) is 13.3 Å². The molecular formula is C17H16N4O2. The van der Waals surface area contributed by atoms with E-state index in [4.69, 9.17) is 4.42 Å². The lowest BCUT2D eigenvalue weighted by molar-refractivity contribution is 0.0953. The molecular weight excluding hydrogens is 292 g/mol. The predicted molar refractivity (Wildman–Crippen MR) is 84.7 cm³/mol. The van der Waals surface area contributed by atoms with E-state index < -0.39 is 0 Å². The topological polar surface area (TPSA) is 80.9 Å². The molecule has 3 rings (SSSR count). The summed E-state index contributed by atoms with van der Waals surface area (Å²) in [5.74, 6) is 0.745. The van der Waals surface area contributed by atoms with E-state index in [-0.39, 0.29) is 5.91 Å². The lowest BCUT2D eigenvalue weighted by atomic mass is 10.1. The second kappa shape index (κ2) is 6.83. The van der Waals surface area contributed by atoms with Crippen molar-refractivity contribution in [3.8, 4) is 11.6 Å². The first kappa shape index (κ1) is 14.9. The van der Waals surface area contributed by atoms with Gasteiger partial charge in [0.2, 0.25) is 5.89 Å². The van der Waals surface area contributed by atoms with E-state index in [1.807, 2.05) is 37.3 Å². The molecule has 0 saturated carbocycles. The molecule has 2 aromatic heterocycles. The number of nitrogens with zero attached hydrogens (tertiary/aromatic N) is 3. The number of carbonyl (C=O) groups excluding carboxylic acids is 1. The van der Waals surface area contributed by atoms with Crippen molar-refractivity contribution in [1.29, 1.82) is 0 Å². The van der Waals surface area contributed by atoms with Crippen molar-refractivity contribution in [2.24, 2.45) is 0 Å². The SMILES string of the molecule is Cc1ccccc1C(=O)NCCc1nnc(-c2ccccn2)o1. The summed E-state index contributed by atoms with van der Waals surface area (Å²) >= 11 is 0. The molecule has 0 aliphatic heterocycles. The highest BCUT2D eigenvalue weighted by molar-refractivity contribution is 5.95. The van der Waals surface area contributed by atoms with Crippen LogP contribution in [0.4, 0.5) is 0 Å². The Kier molecular flexibility index (Phi) is 4.42. The molecule has 0 saturated heterocycles. The van der Waals surface area contributed by atoms with Crippen LogP contribution in [0.15, 0.2) is 53.1 Å². The molecule has 23 heavy (non-hydrogen) atoms. The third-order valence-electron chi connectivity index (χ3n) is 3.36. The van der Waals surface area contributed by atoms with Gasteiger partial charge in [0, 0.05) is 24.7 Å². The first-order valence-electron chi connectivity index (χ1n) is 7.31. The zero-order valence-corrected chi connectivity index (χ0v) is 12.7. The summed E-state index contributed by atoms with van der Waals surface area (Å²) in [4.78, 5) is 16.2. The van der Waals surface area contributed by atoms with Crippen molar-refractivity contribution < 1.29 is 9.21 Å². The van der Waals surface area contributed by atoms with Crippen molar-refractivity contribution in [3.05, 3.63) is 65.7 Å². The van der Waals surface area contributed by atoms with Crippen LogP contribution in [-0.4, -0.2) is 27.6 Å². The van der Waals surface area contributed by atoms with Gasteiger partial charge < -0.3 is 9.73 Å². The van der Waals surface area contributed by atoms with Gasteiger partial charge in [-0.1, -0.05) is 24.3 Å². The van der Waals surface area contributed by atoms with E-state index in [0.29, 0.717) is 36.0 Å². The highest BCUT2D eigenvalue weighted by atomic mass is 16.4. The van der Waals surface area contributed by atoms with E-state index in [9.17, 15) is 4.79 Å². The smallest absolute Gasteiger partial charge is 0.266 e. The molecule has 116 valence electrons. The van der Waals surface area contributed by atoms with Crippen molar-refractivity contribution in [3.63, 3.8) is 0 Å². The Hall–Kier alpha value is -3.02. The van der Waals surface area contributed by atoms with Crippen molar-refractivity contribution in [1.82, 2.24) is 20.5 Å². The second-order valence-corrected chi connectivity index (χ2v) is 5.04. The monoisotopic (exact) mass is 308 g/mol. The van der Waals surface area contributed by atoms with Crippen LogP contribution in [0, 0.1) is 6.92 Å². The highest BCUT2D eigenvalue weighted by Gasteiger charge is 2.11. The molecule has 6 heteroatoms. The first-order chi connectivity index (χ1) is 11.2. The molecule has 0 fully saturated rings. The zero-order chi connectivity index (χ0) is 16.1. The Morgan fingerprint density at radius 1 is 1.13 bits per heavy atom. The molecule has 1 amide bonds. The highest BCUT2D eigenvalue weighted by Crippen LogP contribution is 2.14. The zero-order valence-electron chi connectivity index (χ0n) is 12.7. The van der Waals surface area contributed by atoms with Crippen LogP contribution in [0.2, 0.25) is 0 Å². The Morgan fingerprint density at radius 2 is 1.96 bits per heavy atom. The van der Waals surface area contributed by atoms with Crippen LogP contribution >= 0.6 is 0 Å². The van der Waals surface area contributed by atoms with Gasteiger partial charge in [0.05, 0.1) is 0 Å². The van der Waals surface area contributed by atoms with Gasteiger partial charge in [-0.2, -0.15) is 0 Å². The van der Waals surface area contributed by atoms with Gasteiger partial charge in [0.1, 0.15) is 5.69 Å². The summed E-state index contributed by atoms with van der Waals surface area (Å²) in [6.07, 6.45) is 2.14. The maximum absolute atomic E-state index is 12.1. The third kappa shape index (κ3) is 3.60. The average molecular weight is 308 g/mol. The minimum Gasteiger partial charge on any atom is -0.419 e. The number of pyridine rings is 1. The molecule has 0 spiro atoms. The van der Waals surface area contributed by atoms with Crippen LogP contribution in [0.5, 0.6) is 0 Å². The number of aromatic nitrogens is 3. The molecule has 0 atom stereocenters. The molecule has 0 radical (unpaired) electrons. The molecule has 1 aromatic carbocycles. The summed E-state index contributed by atoms with van der Waals surface area (Å²) in [7, 11) is 0. The van der Waals surface area contributed by atoms with E-state index >= 15 is 0 Å². The number of amides is 1. The number of hydrogen-bond donors (Lipinski definition) is 1. The summed E-state index contributed by atoms with van der Waals surface area (Å²) in [5.41, 5.74) is 2.25. The maximum Gasteiger partial charge on any atom is 0.266 e. The fourth-order valence-electron chi connectivity index (χ4n) is 2.15. The molecule has 3 aromatic rings. The molecule has 0 aliphatic carbocycles. The normalized spacial score (nSPS) is 10.5. The molecule has 2 heterocycles. The molecule has 0 aliphatic rings. The van der Waals surface area contributed by atoms with E-state index in [1.165, 1.54) is 0 Å². The number of hydrogen-bond acceptors (Lipinski definition) is 5. The lowest BCUT2D eigenvalue weighted by Crippen LogP contribution is -2.26. The summed E-state index contributed by atoms with van der Waals surface area (Å²) < 4.78 is 5.54. The van der Waals surface area contributed by atoms with Gasteiger partial charge in [-0.05, 0) is 30.7 Å². The van der Waals surface area contributed by atoms with E-state index in [0.717, 1.165) is 5.56 Å². The molecule has 0 unspecified atom stereocenters. The first-order valence-corrected chi connectivity index (χ1v) is 7.31. The van der Waals surface area contributed by atoms with E-state index in [2.05, 4.69) is 20.5 Å². The largest absolute Gasteiger partial charge is 0.419 e. The van der Waals surface area contributed by atoms with Crippen LogP contribution in [0.25, 0.3) is 11.6 Å². The minimum absolute atomic E-state index is 0.104. The van der Waals surface area contributed by atoms with Gasteiger partial charge in [0.15, 0.2) is 0 Å². The Balaban J connectivity index is 1.56. The summed E-state index contributed by atoms with van der Waals surface area (Å²) in [6.45, 7) is 2.34. The fourth-order valence-corrected chi connectivity index (χ4v) is 2.15. The van der Waals surface area contributed by atoms with Gasteiger partial charge in [0.25, 0.3) is 11.8 Å². The molecule has 1 N–H and O–H groups in total. The second-order valence-electron chi connectivity index (χ2n) is 5.04. The number of carbonyl (C=O) groups is 1. The van der Waals surface area contributed by atoms with Gasteiger partial charge in [-0.3, -0.25) is 9.78 Å². The van der Waals surface area contributed by atoms with Crippen LogP contribution < -0.4 is 5.32 Å². The van der Waals surface area contributed by atoms with Crippen molar-refractivity contribution in [2.75, 3.05) is 6.54 Å². The number of benzene rings is 1. The van der Waals surface area contributed by atoms with E-state index in [1.54, 1.807) is 18.3 Å². The molecule has 0 bridgehead atoms. The fraction of sp³-hybridized carbons (Fsp3) is 0.176. The Labute approximate surface area is 133 Å².